The number of amides is 1. The van der Waals surface area contributed by atoms with Gasteiger partial charge in [0, 0.05) is 35.8 Å². The fraction of sp³-hybridized carbons (Fsp3) is 0.526. The third kappa shape index (κ3) is 5.67. The Labute approximate surface area is 160 Å². The number of nitrogens with one attached hydrogen (secondary N) is 2. The predicted molar refractivity (Wildman–Crippen MR) is 108 cm³/mol. The summed E-state index contributed by atoms with van der Waals surface area (Å²) in [7, 11) is 0. The Bertz CT molecular complexity index is 681. The van der Waals surface area contributed by atoms with Crippen molar-refractivity contribution in [2.24, 2.45) is 10.4 Å². The van der Waals surface area contributed by atoms with Crippen LogP contribution in [0.15, 0.2) is 29.3 Å². The standard InChI is InChI=1S/C19H27N5OS/c1-14(19(2,3)4)22-18(21-13-20)23-16-7-5-15(6-8-16)17(25)24-9-11-26-12-10-24/h5-8,14H,9-12H2,1-4H3,(H2,21,22,23). The van der Waals surface area contributed by atoms with Gasteiger partial charge in [0.15, 0.2) is 6.19 Å². The molecule has 1 heterocycles. The summed E-state index contributed by atoms with van der Waals surface area (Å²) in [5.74, 6) is 2.47. The molecule has 0 spiro atoms. The van der Waals surface area contributed by atoms with Crippen LogP contribution in [0, 0.1) is 16.9 Å². The molecule has 1 fully saturated rings. The number of nitriles is 1. The third-order valence-electron chi connectivity index (χ3n) is 4.44. The Morgan fingerprint density at radius 1 is 1.27 bits per heavy atom. The molecule has 1 aliphatic rings. The molecular formula is C19H27N5OS. The van der Waals surface area contributed by atoms with Gasteiger partial charge in [-0.05, 0) is 36.6 Å². The second-order valence-corrected chi connectivity index (χ2v) is 8.59. The van der Waals surface area contributed by atoms with Crippen molar-refractivity contribution in [2.75, 3.05) is 29.9 Å². The number of hydrogen-bond donors (Lipinski definition) is 2. The van der Waals surface area contributed by atoms with Crippen molar-refractivity contribution in [3.05, 3.63) is 29.8 Å². The molecule has 1 saturated heterocycles. The maximum atomic E-state index is 12.5. The van der Waals surface area contributed by atoms with Gasteiger partial charge >= 0.3 is 0 Å². The topological polar surface area (TPSA) is 80.5 Å². The van der Waals surface area contributed by atoms with Crippen LogP contribution in [-0.4, -0.2) is 47.4 Å². The first kappa shape index (κ1) is 20.1. The van der Waals surface area contributed by atoms with Crippen LogP contribution in [0.4, 0.5) is 5.69 Å². The Balaban J connectivity index is 2.07. The van der Waals surface area contributed by atoms with Gasteiger partial charge in [-0.2, -0.15) is 17.0 Å². The van der Waals surface area contributed by atoms with Crippen molar-refractivity contribution >= 4 is 29.3 Å². The smallest absolute Gasteiger partial charge is 0.253 e. The van der Waals surface area contributed by atoms with E-state index < -0.39 is 0 Å². The summed E-state index contributed by atoms with van der Waals surface area (Å²) in [5, 5.41) is 14.7. The average Bonchev–Trinajstić information content (AvgIpc) is 2.62. The normalized spacial score (nSPS) is 16.6. The molecule has 26 heavy (non-hydrogen) atoms. The number of anilines is 1. The Morgan fingerprint density at radius 2 is 1.88 bits per heavy atom. The summed E-state index contributed by atoms with van der Waals surface area (Å²) < 4.78 is 0. The van der Waals surface area contributed by atoms with Crippen molar-refractivity contribution in [2.45, 2.75) is 33.7 Å². The molecule has 1 aliphatic heterocycles. The van der Waals surface area contributed by atoms with E-state index in [0.717, 1.165) is 30.3 Å². The lowest BCUT2D eigenvalue weighted by molar-refractivity contribution is 0.0772. The van der Waals surface area contributed by atoms with Gasteiger partial charge in [-0.3, -0.25) is 10.1 Å². The zero-order chi connectivity index (χ0) is 19.2. The lowest BCUT2D eigenvalue weighted by atomic mass is 9.88. The Morgan fingerprint density at radius 3 is 2.42 bits per heavy atom. The Hall–Kier alpha value is -2.20. The summed E-state index contributed by atoms with van der Waals surface area (Å²) in [6, 6.07) is 7.32. The fourth-order valence-corrected chi connectivity index (χ4v) is 3.22. The summed E-state index contributed by atoms with van der Waals surface area (Å²) in [5.41, 5.74) is 1.45. The van der Waals surface area contributed by atoms with Gasteiger partial charge in [-0.25, -0.2) is 4.99 Å². The van der Waals surface area contributed by atoms with E-state index in [-0.39, 0.29) is 17.4 Å². The third-order valence-corrected chi connectivity index (χ3v) is 5.39. The van der Waals surface area contributed by atoms with Crippen molar-refractivity contribution in [3.8, 4) is 6.19 Å². The van der Waals surface area contributed by atoms with Gasteiger partial charge in [-0.15, -0.1) is 0 Å². The van der Waals surface area contributed by atoms with E-state index in [2.05, 4.69) is 36.4 Å². The fourth-order valence-electron chi connectivity index (χ4n) is 2.32. The molecule has 0 aliphatic carbocycles. The van der Waals surface area contributed by atoms with Gasteiger partial charge in [0.1, 0.15) is 0 Å². The molecule has 2 N–H and O–H groups in total. The predicted octanol–water partition coefficient (Wildman–Crippen LogP) is 3.15. The lowest BCUT2D eigenvalue weighted by Gasteiger charge is -2.26. The molecule has 0 aromatic heterocycles. The highest BCUT2D eigenvalue weighted by Crippen LogP contribution is 2.22. The lowest BCUT2D eigenvalue weighted by Crippen LogP contribution is -2.37. The van der Waals surface area contributed by atoms with Crippen LogP contribution in [-0.2, 0) is 0 Å². The molecule has 1 aromatic carbocycles. The molecule has 1 unspecified atom stereocenters. The molecule has 0 radical (unpaired) electrons. The number of aliphatic imine (C=N–C) groups is 1. The molecule has 1 amide bonds. The zero-order valence-corrected chi connectivity index (χ0v) is 16.7. The summed E-state index contributed by atoms with van der Waals surface area (Å²) >= 11 is 1.88. The highest BCUT2D eigenvalue weighted by atomic mass is 32.2. The molecule has 0 bridgehead atoms. The average molecular weight is 374 g/mol. The van der Waals surface area contributed by atoms with Gasteiger partial charge in [0.05, 0.1) is 6.04 Å². The minimum Gasteiger partial charge on any atom is -0.337 e. The summed E-state index contributed by atoms with van der Waals surface area (Å²) in [6.45, 7) is 9.92. The minimum absolute atomic E-state index is 0.00687. The summed E-state index contributed by atoms with van der Waals surface area (Å²) in [4.78, 5) is 19.0. The monoisotopic (exact) mass is 373 g/mol. The number of rotatable bonds is 3. The van der Waals surface area contributed by atoms with Crippen molar-refractivity contribution in [1.29, 1.82) is 5.26 Å². The number of guanidine groups is 1. The number of nitrogens with zero attached hydrogens (tertiary/aromatic N) is 3. The SMILES string of the molecule is CC(N=C(NC#N)Nc1ccc(C(=O)N2CCSCC2)cc1)C(C)(C)C. The largest absolute Gasteiger partial charge is 0.337 e. The van der Waals surface area contributed by atoms with E-state index in [4.69, 9.17) is 5.26 Å². The minimum atomic E-state index is -0.00687. The van der Waals surface area contributed by atoms with E-state index in [1.165, 1.54) is 0 Å². The van der Waals surface area contributed by atoms with Crippen molar-refractivity contribution < 1.29 is 4.79 Å². The Kier molecular flexibility index (Phi) is 6.92. The second-order valence-electron chi connectivity index (χ2n) is 7.36. The van der Waals surface area contributed by atoms with Crippen LogP contribution >= 0.6 is 11.8 Å². The number of benzene rings is 1. The van der Waals surface area contributed by atoms with Crippen molar-refractivity contribution in [3.63, 3.8) is 0 Å². The molecule has 140 valence electrons. The van der Waals surface area contributed by atoms with Crippen LogP contribution in [0.5, 0.6) is 0 Å². The van der Waals surface area contributed by atoms with E-state index in [0.29, 0.717) is 11.5 Å². The highest BCUT2D eigenvalue weighted by Gasteiger charge is 2.20. The van der Waals surface area contributed by atoms with Crippen molar-refractivity contribution in [1.82, 2.24) is 10.2 Å². The van der Waals surface area contributed by atoms with Crippen LogP contribution < -0.4 is 10.6 Å². The number of carbonyl (C=O) groups is 1. The van der Waals surface area contributed by atoms with E-state index >= 15 is 0 Å². The van der Waals surface area contributed by atoms with Gasteiger partial charge in [0.2, 0.25) is 5.96 Å². The molecule has 2 rings (SSSR count). The van der Waals surface area contributed by atoms with E-state index in [1.54, 1.807) is 0 Å². The number of thioether (sulfide) groups is 1. The highest BCUT2D eigenvalue weighted by molar-refractivity contribution is 7.99. The molecule has 7 heteroatoms. The van der Waals surface area contributed by atoms with E-state index in [1.807, 2.05) is 54.0 Å². The quantitative estimate of drug-likeness (QED) is 0.368. The first-order chi connectivity index (χ1) is 12.3. The van der Waals surface area contributed by atoms with Gasteiger partial charge < -0.3 is 10.2 Å². The van der Waals surface area contributed by atoms with Crippen LogP contribution in [0.25, 0.3) is 0 Å². The number of carbonyl (C=O) groups excluding carboxylic acids is 1. The second kappa shape index (κ2) is 8.95. The van der Waals surface area contributed by atoms with Crippen LogP contribution in [0.2, 0.25) is 0 Å². The maximum absolute atomic E-state index is 12.5. The van der Waals surface area contributed by atoms with Crippen LogP contribution in [0.1, 0.15) is 38.1 Å². The first-order valence-corrected chi connectivity index (χ1v) is 9.94. The zero-order valence-electron chi connectivity index (χ0n) is 15.9. The first-order valence-electron chi connectivity index (χ1n) is 8.78. The van der Waals surface area contributed by atoms with Gasteiger partial charge in [-0.1, -0.05) is 20.8 Å². The molecule has 0 saturated carbocycles. The van der Waals surface area contributed by atoms with Gasteiger partial charge in [0.25, 0.3) is 5.91 Å². The molecule has 1 atom stereocenters. The molecule has 1 aromatic rings. The molecular weight excluding hydrogens is 346 g/mol. The van der Waals surface area contributed by atoms with E-state index in [9.17, 15) is 4.79 Å². The summed E-state index contributed by atoms with van der Waals surface area (Å²) in [6.07, 6.45) is 1.91. The van der Waals surface area contributed by atoms with Crippen LogP contribution in [0.3, 0.4) is 0 Å². The number of hydrogen-bond acceptors (Lipinski definition) is 4. The maximum Gasteiger partial charge on any atom is 0.253 e. The molecule has 6 nitrogen and oxygen atoms in total.